The summed E-state index contributed by atoms with van der Waals surface area (Å²) < 4.78 is 12.2. The summed E-state index contributed by atoms with van der Waals surface area (Å²) in [6.45, 7) is 11.3. The fourth-order valence-electron chi connectivity index (χ4n) is 3.81. The second kappa shape index (κ2) is 12.7. The van der Waals surface area contributed by atoms with E-state index in [0.717, 1.165) is 43.8 Å². The van der Waals surface area contributed by atoms with Crippen molar-refractivity contribution < 1.29 is 14.3 Å². The quantitative estimate of drug-likeness (QED) is 0.230. The molecule has 5 N–H and O–H groups in total. The first-order chi connectivity index (χ1) is 17.1. The van der Waals surface area contributed by atoms with Crippen LogP contribution in [0.1, 0.15) is 20.8 Å². The molecule has 1 saturated heterocycles. The Morgan fingerprint density at radius 2 is 1.80 bits per heavy atom. The predicted octanol–water partition coefficient (Wildman–Crippen LogP) is 1.48. The van der Waals surface area contributed by atoms with E-state index in [4.69, 9.17) is 21.1 Å². The van der Waals surface area contributed by atoms with Crippen LogP contribution in [-0.2, 0) is 16.1 Å². The van der Waals surface area contributed by atoms with Gasteiger partial charge in [-0.25, -0.2) is 15.3 Å². The summed E-state index contributed by atoms with van der Waals surface area (Å²) in [5.74, 6) is 6.42. The molecule has 190 valence electrons. The molecule has 3 heterocycles. The van der Waals surface area contributed by atoms with Gasteiger partial charge in [-0.1, -0.05) is 13.8 Å². The van der Waals surface area contributed by atoms with Crippen molar-refractivity contribution in [3.8, 4) is 5.75 Å². The molecule has 0 spiro atoms. The number of benzene rings is 1. The van der Waals surface area contributed by atoms with Gasteiger partial charge in [-0.3, -0.25) is 4.90 Å². The largest absolute Gasteiger partial charge is 0.482 e. The number of ether oxygens (including phenoxy) is 2. The maximum atomic E-state index is 11.4. The Bertz CT molecular complexity index is 1080. The van der Waals surface area contributed by atoms with E-state index in [1.165, 1.54) is 0 Å². The van der Waals surface area contributed by atoms with Crippen LogP contribution in [-0.4, -0.2) is 76.6 Å². The number of nitrogens with two attached hydrogens (primary N) is 2. The number of nitrogens with one attached hydrogen (secondary N) is 1. The van der Waals surface area contributed by atoms with E-state index < -0.39 is 0 Å². The van der Waals surface area contributed by atoms with Gasteiger partial charge < -0.3 is 25.5 Å². The van der Waals surface area contributed by atoms with Crippen LogP contribution in [0.25, 0.3) is 11.0 Å². The lowest BCUT2D eigenvalue weighted by atomic mass is 10.2. The lowest BCUT2D eigenvalue weighted by molar-refractivity contribution is -0.145. The minimum absolute atomic E-state index is 0.0833. The first kappa shape index (κ1) is 26.0. The van der Waals surface area contributed by atoms with Crippen LogP contribution in [0.5, 0.6) is 5.75 Å². The van der Waals surface area contributed by atoms with Gasteiger partial charge in [-0.15, -0.1) is 0 Å². The van der Waals surface area contributed by atoms with Gasteiger partial charge in [0.1, 0.15) is 5.75 Å². The van der Waals surface area contributed by atoms with Gasteiger partial charge in [0.2, 0.25) is 5.95 Å². The van der Waals surface area contributed by atoms with Gasteiger partial charge in [0.25, 0.3) is 0 Å². The Balaban J connectivity index is 0.00000167. The number of nitrogens with zero attached hydrogens (tertiary/aromatic N) is 6. The Hall–Kier alpha value is -3.64. The third-order valence-corrected chi connectivity index (χ3v) is 5.51. The van der Waals surface area contributed by atoms with E-state index in [1.807, 2.05) is 42.8 Å². The summed E-state index contributed by atoms with van der Waals surface area (Å²) in [7, 11) is 0. The molecule has 1 aliphatic rings. The maximum Gasteiger partial charge on any atom is 0.344 e. The molecule has 0 amide bonds. The highest BCUT2D eigenvalue weighted by Crippen LogP contribution is 2.22. The van der Waals surface area contributed by atoms with Gasteiger partial charge in [0, 0.05) is 38.4 Å². The van der Waals surface area contributed by atoms with E-state index in [1.54, 1.807) is 13.1 Å². The van der Waals surface area contributed by atoms with E-state index in [0.29, 0.717) is 30.4 Å². The topological polar surface area (TPSA) is 150 Å². The van der Waals surface area contributed by atoms with Crippen LogP contribution >= 0.6 is 0 Å². The molecule has 4 rings (SSSR count). The number of esters is 1. The smallest absolute Gasteiger partial charge is 0.344 e. The van der Waals surface area contributed by atoms with Crippen LogP contribution in [0.3, 0.4) is 0 Å². The molecular weight excluding hydrogens is 450 g/mol. The number of carbonyl (C=O) groups is 1. The summed E-state index contributed by atoms with van der Waals surface area (Å²) in [6, 6.07) is 7.78. The number of fused-ring (bicyclic) bond motifs is 1. The number of hydrogen-bond acceptors (Lipinski definition) is 11. The highest BCUT2D eigenvalue weighted by atomic mass is 16.6. The average molecular weight is 486 g/mol. The summed E-state index contributed by atoms with van der Waals surface area (Å²) in [4.78, 5) is 24.5. The molecule has 0 saturated carbocycles. The van der Waals surface area contributed by atoms with Crippen LogP contribution in [0.2, 0.25) is 0 Å². The highest BCUT2D eigenvalue weighted by Gasteiger charge is 2.18. The zero-order valence-corrected chi connectivity index (χ0v) is 20.6. The lowest BCUT2D eigenvalue weighted by Gasteiger charge is -2.36. The van der Waals surface area contributed by atoms with E-state index in [9.17, 15) is 4.79 Å². The number of hydrazine groups is 1. The Morgan fingerprint density at radius 1 is 1.09 bits per heavy atom. The van der Waals surface area contributed by atoms with Crippen LogP contribution < -0.4 is 26.6 Å². The zero-order chi connectivity index (χ0) is 25.2. The Morgan fingerprint density at radius 3 is 2.46 bits per heavy atom. The van der Waals surface area contributed by atoms with Crippen molar-refractivity contribution in [3.63, 3.8) is 0 Å². The molecule has 1 aromatic carbocycles. The summed E-state index contributed by atoms with van der Waals surface area (Å²) >= 11 is 0. The normalized spacial score (nSPS) is 13.8. The molecule has 12 nitrogen and oxygen atoms in total. The van der Waals surface area contributed by atoms with Gasteiger partial charge in [0.05, 0.1) is 24.7 Å². The summed E-state index contributed by atoms with van der Waals surface area (Å²) in [6.07, 6.45) is 1.70. The van der Waals surface area contributed by atoms with E-state index in [2.05, 4.69) is 30.3 Å². The highest BCUT2D eigenvalue weighted by molar-refractivity contribution is 5.87. The minimum Gasteiger partial charge on any atom is -0.482 e. The molecule has 0 radical (unpaired) electrons. The van der Waals surface area contributed by atoms with Gasteiger partial charge in [0.15, 0.2) is 18.1 Å². The summed E-state index contributed by atoms with van der Waals surface area (Å²) in [5, 5.41) is 5.16. The van der Waals surface area contributed by atoms with Crippen LogP contribution in [0.4, 0.5) is 17.5 Å². The number of anilines is 3. The average Bonchev–Trinajstić information content (AvgIpc) is 3.30. The second-order valence-electron chi connectivity index (χ2n) is 7.60. The molecule has 0 unspecified atom stereocenters. The van der Waals surface area contributed by atoms with Crippen LogP contribution in [0.15, 0.2) is 30.5 Å². The number of aromatic nitrogens is 4. The number of nitrogen functional groups attached to an aromatic ring is 2. The van der Waals surface area contributed by atoms with Crippen molar-refractivity contribution in [3.05, 3.63) is 30.5 Å². The van der Waals surface area contributed by atoms with E-state index >= 15 is 0 Å². The standard InChI is InChI=1S/C21H29N9O3.C2H6/c1-2-32-18(31)14-33-16-5-3-15(4-6-16)29-10-7-28(8-11-29)9-12-30-20-17(13-24-30)19(27-23)25-21(22)26-20;1-2/h3-6,13H,2,7-12,14,23H2,1H3,(H3,22,25,26,27);1-2H3. The molecule has 12 heteroatoms. The van der Waals surface area contributed by atoms with Gasteiger partial charge >= 0.3 is 5.97 Å². The van der Waals surface area contributed by atoms with Crippen molar-refractivity contribution in [1.82, 2.24) is 24.6 Å². The van der Waals surface area contributed by atoms with Crippen molar-refractivity contribution in [2.24, 2.45) is 5.84 Å². The third kappa shape index (κ3) is 6.70. The second-order valence-corrected chi connectivity index (χ2v) is 7.60. The Kier molecular flexibility index (Phi) is 9.44. The molecule has 1 fully saturated rings. The van der Waals surface area contributed by atoms with Crippen molar-refractivity contribution in [1.29, 1.82) is 0 Å². The number of hydrogen-bond donors (Lipinski definition) is 3. The third-order valence-electron chi connectivity index (χ3n) is 5.51. The molecule has 0 aliphatic carbocycles. The molecule has 35 heavy (non-hydrogen) atoms. The zero-order valence-electron chi connectivity index (χ0n) is 20.6. The first-order valence-corrected chi connectivity index (χ1v) is 11.9. The number of rotatable bonds is 9. The molecule has 2 aromatic heterocycles. The first-order valence-electron chi connectivity index (χ1n) is 11.9. The molecule has 0 bridgehead atoms. The maximum absolute atomic E-state index is 11.4. The fraction of sp³-hybridized carbons (Fsp3) is 0.478. The van der Waals surface area contributed by atoms with Crippen LogP contribution in [0, 0.1) is 0 Å². The predicted molar refractivity (Wildman–Crippen MR) is 136 cm³/mol. The Labute approximate surface area is 205 Å². The van der Waals surface area contributed by atoms with Crippen molar-refractivity contribution in [2.45, 2.75) is 27.3 Å². The van der Waals surface area contributed by atoms with Crippen molar-refractivity contribution in [2.75, 3.05) is 62.0 Å². The fourth-order valence-corrected chi connectivity index (χ4v) is 3.81. The SMILES string of the molecule is CC.CCOC(=O)COc1ccc(N2CCN(CCn3ncc4c(NN)nc(N)nc43)CC2)cc1. The monoisotopic (exact) mass is 485 g/mol. The molecule has 3 aromatic rings. The van der Waals surface area contributed by atoms with Gasteiger partial charge in [-0.2, -0.15) is 15.1 Å². The van der Waals surface area contributed by atoms with Gasteiger partial charge in [-0.05, 0) is 31.2 Å². The van der Waals surface area contributed by atoms with Crippen molar-refractivity contribution >= 4 is 34.5 Å². The summed E-state index contributed by atoms with van der Waals surface area (Å²) in [5.41, 5.74) is 10.1. The number of piperazine rings is 1. The lowest BCUT2D eigenvalue weighted by Crippen LogP contribution is -2.47. The molecule has 1 aliphatic heterocycles. The molecule has 0 atom stereocenters. The minimum atomic E-state index is -0.367. The van der Waals surface area contributed by atoms with E-state index in [-0.39, 0.29) is 18.5 Å². The number of carbonyl (C=O) groups excluding carboxylic acids is 1. The molecular formula is C23H35N9O3.